The van der Waals surface area contributed by atoms with Crippen molar-refractivity contribution in [2.24, 2.45) is 5.41 Å². The van der Waals surface area contributed by atoms with E-state index in [1.165, 1.54) is 0 Å². The molecule has 0 unspecified atom stereocenters. The van der Waals surface area contributed by atoms with Crippen molar-refractivity contribution in [1.82, 2.24) is 0 Å². The molecule has 0 bridgehead atoms. The van der Waals surface area contributed by atoms with Crippen molar-refractivity contribution in [2.75, 3.05) is 13.2 Å². The van der Waals surface area contributed by atoms with Crippen LogP contribution in [0.1, 0.15) is 13.8 Å². The monoisotopic (exact) mass is 133 g/mol. The van der Waals surface area contributed by atoms with Crippen molar-refractivity contribution in [1.29, 1.82) is 0 Å². The van der Waals surface area contributed by atoms with Gasteiger partial charge in [0, 0.05) is 5.41 Å². The predicted octanol–water partition coefficient (Wildman–Crippen LogP) is 1.84. The van der Waals surface area contributed by atoms with Gasteiger partial charge in [-0.05, 0) is 0 Å². The van der Waals surface area contributed by atoms with E-state index in [0.29, 0.717) is 9.03 Å². The van der Waals surface area contributed by atoms with E-state index in [1.807, 2.05) is 0 Å². The van der Waals surface area contributed by atoms with Crippen LogP contribution >= 0.6 is 9.03 Å². The first-order chi connectivity index (χ1) is 3.71. The van der Waals surface area contributed by atoms with Crippen molar-refractivity contribution in [3.05, 3.63) is 0 Å². The summed E-state index contributed by atoms with van der Waals surface area (Å²) < 4.78 is 10.1. The van der Waals surface area contributed by atoms with Gasteiger partial charge in [0.05, 0.1) is 13.2 Å². The summed E-state index contributed by atoms with van der Waals surface area (Å²) >= 11 is 0. The van der Waals surface area contributed by atoms with E-state index in [9.17, 15) is 0 Å². The van der Waals surface area contributed by atoms with E-state index in [1.54, 1.807) is 0 Å². The molecule has 1 aliphatic heterocycles. The maximum atomic E-state index is 5.03. The van der Waals surface area contributed by atoms with E-state index in [0.717, 1.165) is 13.2 Å². The van der Waals surface area contributed by atoms with Crippen molar-refractivity contribution in [3.8, 4) is 0 Å². The fraction of sp³-hybridized carbons (Fsp3) is 1.00. The first-order valence-corrected chi connectivity index (χ1v) is 3.38. The molecule has 0 aliphatic carbocycles. The molecule has 2 nitrogen and oxygen atoms in total. The summed E-state index contributed by atoms with van der Waals surface area (Å²) in [6.45, 7) is 5.88. The summed E-state index contributed by atoms with van der Waals surface area (Å²) in [4.78, 5) is 0. The van der Waals surface area contributed by atoms with Crippen LogP contribution in [0.4, 0.5) is 0 Å². The highest BCUT2D eigenvalue weighted by Crippen LogP contribution is 2.30. The van der Waals surface area contributed by atoms with Crippen molar-refractivity contribution in [3.63, 3.8) is 0 Å². The fourth-order valence-corrected chi connectivity index (χ4v) is 1.36. The lowest BCUT2D eigenvalue weighted by atomic mass is 9.97. The van der Waals surface area contributed by atoms with Gasteiger partial charge in [-0.1, -0.05) is 13.8 Å². The van der Waals surface area contributed by atoms with Crippen LogP contribution in [-0.4, -0.2) is 13.2 Å². The Kier molecular flexibility index (Phi) is 1.86. The number of rotatable bonds is 0. The van der Waals surface area contributed by atoms with Gasteiger partial charge < -0.3 is 9.05 Å². The molecule has 0 saturated carbocycles. The fourth-order valence-electron chi connectivity index (χ4n) is 0.481. The molecule has 3 heteroatoms. The lowest BCUT2D eigenvalue weighted by Crippen LogP contribution is -2.25. The Morgan fingerprint density at radius 1 is 1.25 bits per heavy atom. The molecule has 1 aliphatic rings. The van der Waals surface area contributed by atoms with Gasteiger partial charge in [-0.15, -0.1) is 0 Å². The van der Waals surface area contributed by atoms with Gasteiger partial charge in [0.15, 0.2) is 0 Å². The molecular weight excluding hydrogens is 123 g/mol. The summed E-state index contributed by atoms with van der Waals surface area (Å²) in [5.41, 5.74) is 0.227. The van der Waals surface area contributed by atoms with Crippen LogP contribution < -0.4 is 0 Å². The van der Waals surface area contributed by atoms with Gasteiger partial charge in [-0.3, -0.25) is 0 Å². The van der Waals surface area contributed by atoms with Crippen LogP contribution in [0.3, 0.4) is 0 Å². The van der Waals surface area contributed by atoms with Crippen LogP contribution in [0.5, 0.6) is 0 Å². The summed E-state index contributed by atoms with van der Waals surface area (Å²) in [7, 11) is 0.683. The molecule has 0 N–H and O–H groups in total. The van der Waals surface area contributed by atoms with E-state index in [4.69, 9.17) is 9.05 Å². The van der Waals surface area contributed by atoms with Crippen LogP contribution in [0.15, 0.2) is 0 Å². The molecule has 0 atom stereocenters. The largest absolute Gasteiger partial charge is 0.327 e. The Morgan fingerprint density at radius 2 is 1.75 bits per heavy atom. The quantitative estimate of drug-likeness (QED) is 0.469. The average molecular weight is 133 g/mol. The Bertz CT molecular complexity index is 74.5. The van der Waals surface area contributed by atoms with Gasteiger partial charge in [0.25, 0.3) is 9.03 Å². The Balaban J connectivity index is 2.33. The van der Waals surface area contributed by atoms with Crippen molar-refractivity contribution >= 4 is 9.03 Å². The van der Waals surface area contributed by atoms with Crippen LogP contribution in [-0.2, 0) is 9.05 Å². The first-order valence-electron chi connectivity index (χ1n) is 2.65. The van der Waals surface area contributed by atoms with Gasteiger partial charge >= 0.3 is 0 Å². The normalized spacial score (nSPS) is 27.8. The number of hydrogen-bond donors (Lipinski definition) is 0. The molecule has 8 heavy (non-hydrogen) atoms. The van der Waals surface area contributed by atoms with E-state index < -0.39 is 0 Å². The number of hydrogen-bond acceptors (Lipinski definition) is 2. The molecular formula is C5H10O2P. The van der Waals surface area contributed by atoms with Gasteiger partial charge in [0.1, 0.15) is 0 Å². The molecule has 0 aromatic carbocycles. The van der Waals surface area contributed by atoms with Crippen LogP contribution in [0, 0.1) is 5.41 Å². The second kappa shape index (κ2) is 2.30. The van der Waals surface area contributed by atoms with Gasteiger partial charge in [-0.25, -0.2) is 0 Å². The third kappa shape index (κ3) is 1.70. The minimum absolute atomic E-state index is 0.227. The molecule has 1 rings (SSSR count). The van der Waals surface area contributed by atoms with Gasteiger partial charge in [0.2, 0.25) is 0 Å². The minimum Gasteiger partial charge on any atom is -0.327 e. The van der Waals surface area contributed by atoms with E-state index >= 15 is 0 Å². The summed E-state index contributed by atoms with van der Waals surface area (Å²) in [5.74, 6) is 0. The summed E-state index contributed by atoms with van der Waals surface area (Å²) in [6.07, 6.45) is 0. The second-order valence-electron chi connectivity index (χ2n) is 2.79. The molecule has 1 heterocycles. The zero-order valence-corrected chi connectivity index (χ0v) is 6.07. The Labute approximate surface area is 51.5 Å². The van der Waals surface area contributed by atoms with Crippen molar-refractivity contribution < 1.29 is 9.05 Å². The molecule has 0 aromatic heterocycles. The zero-order valence-electron chi connectivity index (χ0n) is 5.18. The standard InChI is InChI=1S/C5H10O2P/c1-5(2)3-6-8-7-4-5/h3-4H2,1-2H3. The molecule has 47 valence electrons. The Hall–Kier alpha value is 0.350. The van der Waals surface area contributed by atoms with Crippen LogP contribution in [0.2, 0.25) is 0 Å². The highest BCUT2D eigenvalue weighted by atomic mass is 31.1. The maximum Gasteiger partial charge on any atom is 0.256 e. The third-order valence-corrected chi connectivity index (χ3v) is 1.49. The smallest absolute Gasteiger partial charge is 0.256 e. The highest BCUT2D eigenvalue weighted by Gasteiger charge is 2.22. The van der Waals surface area contributed by atoms with E-state index in [2.05, 4.69) is 13.8 Å². The lowest BCUT2D eigenvalue weighted by Gasteiger charge is -2.27. The Morgan fingerprint density at radius 3 is 2.00 bits per heavy atom. The molecule has 1 fully saturated rings. The molecule has 0 aromatic rings. The topological polar surface area (TPSA) is 18.5 Å². The molecule has 0 amide bonds. The average Bonchev–Trinajstić information content (AvgIpc) is 1.65. The summed E-state index contributed by atoms with van der Waals surface area (Å²) in [5, 5.41) is 0. The molecule has 1 radical (unpaired) electrons. The lowest BCUT2D eigenvalue weighted by molar-refractivity contribution is 0.0714. The summed E-state index contributed by atoms with van der Waals surface area (Å²) in [6, 6.07) is 0. The second-order valence-corrected chi connectivity index (χ2v) is 3.45. The minimum atomic E-state index is 0.227. The van der Waals surface area contributed by atoms with Gasteiger partial charge in [-0.2, -0.15) is 0 Å². The van der Waals surface area contributed by atoms with Crippen molar-refractivity contribution in [2.45, 2.75) is 13.8 Å². The van der Waals surface area contributed by atoms with E-state index in [-0.39, 0.29) is 5.41 Å². The molecule has 0 spiro atoms. The maximum absolute atomic E-state index is 5.03. The highest BCUT2D eigenvalue weighted by molar-refractivity contribution is 7.26. The van der Waals surface area contributed by atoms with Crippen LogP contribution in [0.25, 0.3) is 0 Å². The third-order valence-electron chi connectivity index (χ3n) is 1.02. The zero-order chi connectivity index (χ0) is 6.04. The first kappa shape index (κ1) is 6.47. The molecule has 1 saturated heterocycles. The predicted molar refractivity (Wildman–Crippen MR) is 32.6 cm³/mol. The SMILES string of the molecule is CC1(C)CO[P]OC1.